The Hall–Kier alpha value is -5.09. The first-order valence-corrected chi connectivity index (χ1v) is 15.9. The molecule has 0 saturated carbocycles. The molecule has 2 N–H and O–H groups in total. The van der Waals surface area contributed by atoms with Gasteiger partial charge >= 0.3 is 0 Å². The minimum atomic E-state index is -0.653. The van der Waals surface area contributed by atoms with Crippen LogP contribution in [0.1, 0.15) is 35.2 Å². The Morgan fingerprint density at radius 3 is 2.60 bits per heavy atom. The van der Waals surface area contributed by atoms with Crippen LogP contribution in [0.5, 0.6) is 23.0 Å². The highest BCUT2D eigenvalue weighted by molar-refractivity contribution is 6.02. The molecule has 1 unspecified atom stereocenters. The van der Waals surface area contributed by atoms with E-state index >= 15 is 4.39 Å². The molecule has 242 valence electrons. The van der Waals surface area contributed by atoms with E-state index in [1.807, 2.05) is 54.6 Å². The number of methoxy groups -OCH3 is 2. The molecule has 1 fully saturated rings. The van der Waals surface area contributed by atoms with Crippen LogP contribution in [0, 0.1) is 5.82 Å². The summed E-state index contributed by atoms with van der Waals surface area (Å²) >= 11 is 0. The van der Waals surface area contributed by atoms with Gasteiger partial charge in [0.1, 0.15) is 28.3 Å². The summed E-state index contributed by atoms with van der Waals surface area (Å²) in [6, 6.07) is 18.8. The second-order valence-electron chi connectivity index (χ2n) is 12.1. The van der Waals surface area contributed by atoms with Crippen molar-refractivity contribution in [2.75, 3.05) is 46.2 Å². The first kappa shape index (κ1) is 30.6. The van der Waals surface area contributed by atoms with Gasteiger partial charge in [0.2, 0.25) is 5.43 Å². The Labute approximate surface area is 271 Å². The van der Waals surface area contributed by atoms with Gasteiger partial charge in [0, 0.05) is 25.3 Å². The van der Waals surface area contributed by atoms with Crippen LogP contribution < -0.4 is 30.3 Å². The lowest BCUT2D eigenvalue weighted by atomic mass is 10.0. The van der Waals surface area contributed by atoms with Gasteiger partial charge in [0.05, 0.1) is 25.3 Å². The zero-order chi connectivity index (χ0) is 32.7. The smallest absolute Gasteiger partial charge is 0.256 e. The number of ether oxygens (including phenoxy) is 3. The predicted octanol–water partition coefficient (Wildman–Crippen LogP) is 6.27. The monoisotopic (exact) mass is 636 g/mol. The number of fused-ring (bicyclic) bond motifs is 3. The number of amides is 1. The Bertz CT molecular complexity index is 2080. The number of carbonyl (C=O) groups is 1. The molecule has 2 aliphatic rings. The molecule has 3 heterocycles. The van der Waals surface area contributed by atoms with Gasteiger partial charge in [0.15, 0.2) is 17.3 Å². The van der Waals surface area contributed by atoms with E-state index in [0.717, 1.165) is 42.1 Å². The summed E-state index contributed by atoms with van der Waals surface area (Å²) in [5, 5.41) is 8.13. The SMILES string of the molecule is COc1ccc(OC)c(CCNc2c(F)cc3c(=O)c(C(=O)NCCC4CCCN4C)cn4c3c2Oc2cc3ccccc3cc2-4)c1. The van der Waals surface area contributed by atoms with Crippen LogP contribution in [0.3, 0.4) is 0 Å². The fourth-order valence-electron chi connectivity index (χ4n) is 6.82. The molecule has 1 aromatic heterocycles. The summed E-state index contributed by atoms with van der Waals surface area (Å²) in [5.41, 5.74) is 1.47. The summed E-state index contributed by atoms with van der Waals surface area (Å²) in [4.78, 5) is 29.6. The lowest BCUT2D eigenvalue weighted by Crippen LogP contribution is -2.34. The number of likely N-dealkylation sites (tertiary alicyclic amines) is 1. The fraction of sp³-hybridized carbons (Fsp3) is 0.297. The molecule has 0 radical (unpaired) electrons. The molecule has 0 spiro atoms. The van der Waals surface area contributed by atoms with Gasteiger partial charge in [0.25, 0.3) is 5.91 Å². The molecule has 10 heteroatoms. The molecule has 2 aliphatic heterocycles. The maximum atomic E-state index is 16.0. The normalized spacial score (nSPS) is 15.4. The molecule has 9 nitrogen and oxygen atoms in total. The van der Waals surface area contributed by atoms with Gasteiger partial charge in [-0.05, 0) is 92.0 Å². The van der Waals surface area contributed by atoms with Crippen molar-refractivity contribution in [3.8, 4) is 28.7 Å². The number of carbonyl (C=O) groups excluding carboxylic acids is 1. The van der Waals surface area contributed by atoms with E-state index in [-0.39, 0.29) is 22.4 Å². The minimum Gasteiger partial charge on any atom is -0.497 e. The lowest BCUT2D eigenvalue weighted by molar-refractivity contribution is 0.0949. The van der Waals surface area contributed by atoms with Gasteiger partial charge in [-0.3, -0.25) is 9.59 Å². The molecular weight excluding hydrogens is 599 g/mol. The van der Waals surface area contributed by atoms with Crippen LogP contribution in [0.25, 0.3) is 27.4 Å². The molecule has 47 heavy (non-hydrogen) atoms. The average molecular weight is 637 g/mol. The largest absolute Gasteiger partial charge is 0.497 e. The number of anilines is 1. The highest BCUT2D eigenvalue weighted by Crippen LogP contribution is 2.46. The molecule has 1 amide bonds. The van der Waals surface area contributed by atoms with Crippen LogP contribution in [-0.4, -0.2) is 62.3 Å². The first-order chi connectivity index (χ1) is 22.9. The topological polar surface area (TPSA) is 94.1 Å². The summed E-state index contributed by atoms with van der Waals surface area (Å²) in [6.45, 7) is 1.83. The van der Waals surface area contributed by atoms with Crippen LogP contribution in [0.15, 0.2) is 71.7 Å². The zero-order valence-electron chi connectivity index (χ0n) is 26.7. The van der Waals surface area contributed by atoms with Crippen molar-refractivity contribution in [2.24, 2.45) is 0 Å². The molecular formula is C37H37FN4O5. The lowest BCUT2D eigenvalue weighted by Gasteiger charge is -2.27. The molecule has 1 atom stereocenters. The van der Waals surface area contributed by atoms with Crippen molar-refractivity contribution in [3.63, 3.8) is 0 Å². The van der Waals surface area contributed by atoms with E-state index in [4.69, 9.17) is 14.2 Å². The Morgan fingerprint density at radius 1 is 1.04 bits per heavy atom. The summed E-state index contributed by atoms with van der Waals surface area (Å²) < 4.78 is 35.1. The van der Waals surface area contributed by atoms with Crippen LogP contribution in [0.4, 0.5) is 10.1 Å². The van der Waals surface area contributed by atoms with E-state index in [1.165, 1.54) is 6.07 Å². The molecule has 7 rings (SSSR count). The Morgan fingerprint density at radius 2 is 1.85 bits per heavy atom. The summed E-state index contributed by atoms with van der Waals surface area (Å²) in [6.07, 6.45) is 5.08. The molecule has 5 aromatic rings. The van der Waals surface area contributed by atoms with Crippen LogP contribution >= 0.6 is 0 Å². The maximum Gasteiger partial charge on any atom is 0.256 e. The number of hydrogen-bond acceptors (Lipinski definition) is 7. The standard InChI is InChI=1S/C37H37FN4O5/c1-41-16-6-9-25(41)13-15-40-37(44)28-21-42-30-18-22-7-4-5-8-23(22)19-32(30)47-36-33(29(38)20-27(34(36)42)35(28)43)39-14-12-24-17-26(45-2)10-11-31(24)46-3/h4-5,7-8,10-11,17-21,25,39H,6,9,12-16H2,1-3H3,(H,40,44). The number of aromatic nitrogens is 1. The van der Waals surface area contributed by atoms with Gasteiger partial charge in [-0.15, -0.1) is 0 Å². The summed E-state index contributed by atoms with van der Waals surface area (Å²) in [7, 11) is 5.29. The van der Waals surface area contributed by atoms with Crippen LogP contribution in [0.2, 0.25) is 0 Å². The highest BCUT2D eigenvalue weighted by Gasteiger charge is 2.29. The Balaban J connectivity index is 1.28. The van der Waals surface area contributed by atoms with E-state index in [9.17, 15) is 9.59 Å². The molecule has 0 bridgehead atoms. The second kappa shape index (κ2) is 12.6. The van der Waals surface area contributed by atoms with E-state index in [2.05, 4.69) is 22.6 Å². The van der Waals surface area contributed by atoms with Crippen molar-refractivity contribution in [3.05, 3.63) is 94.0 Å². The zero-order valence-corrected chi connectivity index (χ0v) is 26.7. The quantitative estimate of drug-likeness (QED) is 0.183. The number of benzene rings is 4. The predicted molar refractivity (Wildman–Crippen MR) is 181 cm³/mol. The average Bonchev–Trinajstić information content (AvgIpc) is 3.49. The van der Waals surface area contributed by atoms with Gasteiger partial charge in [-0.2, -0.15) is 0 Å². The molecule has 0 aliphatic carbocycles. The van der Waals surface area contributed by atoms with E-state index in [1.54, 1.807) is 25.0 Å². The van der Waals surface area contributed by atoms with Gasteiger partial charge < -0.3 is 34.3 Å². The van der Waals surface area contributed by atoms with Crippen molar-refractivity contribution >= 4 is 33.3 Å². The highest BCUT2D eigenvalue weighted by atomic mass is 19.1. The maximum absolute atomic E-state index is 16.0. The second-order valence-corrected chi connectivity index (χ2v) is 12.1. The van der Waals surface area contributed by atoms with Crippen molar-refractivity contribution < 1.29 is 23.4 Å². The van der Waals surface area contributed by atoms with Gasteiger partial charge in [-0.1, -0.05) is 24.3 Å². The van der Waals surface area contributed by atoms with Crippen LogP contribution in [-0.2, 0) is 6.42 Å². The molecule has 4 aromatic carbocycles. The number of halogens is 1. The summed E-state index contributed by atoms with van der Waals surface area (Å²) in [5.74, 6) is 0.925. The number of rotatable bonds is 10. The number of nitrogens with zero attached hydrogens (tertiary/aromatic N) is 2. The van der Waals surface area contributed by atoms with Crippen molar-refractivity contribution in [2.45, 2.75) is 31.7 Å². The van der Waals surface area contributed by atoms with Crippen molar-refractivity contribution in [1.29, 1.82) is 0 Å². The third-order valence-electron chi connectivity index (χ3n) is 9.36. The number of pyridine rings is 1. The first-order valence-electron chi connectivity index (χ1n) is 15.9. The Kier molecular flexibility index (Phi) is 8.19. The number of nitrogens with one attached hydrogen (secondary N) is 2. The third-order valence-corrected chi connectivity index (χ3v) is 9.36. The fourth-order valence-corrected chi connectivity index (χ4v) is 6.82. The molecule has 1 saturated heterocycles. The van der Waals surface area contributed by atoms with Crippen molar-refractivity contribution in [1.82, 2.24) is 14.8 Å². The third kappa shape index (κ3) is 5.63. The number of hydrogen-bond donors (Lipinski definition) is 2. The minimum absolute atomic E-state index is 0.0468. The van der Waals surface area contributed by atoms with E-state index in [0.29, 0.717) is 54.0 Å². The van der Waals surface area contributed by atoms with E-state index < -0.39 is 17.2 Å². The van der Waals surface area contributed by atoms with Gasteiger partial charge in [-0.25, -0.2) is 4.39 Å².